The van der Waals surface area contributed by atoms with Crippen LogP contribution in [-0.4, -0.2) is 12.1 Å². The lowest BCUT2D eigenvalue weighted by Crippen LogP contribution is -2.35. The summed E-state index contributed by atoms with van der Waals surface area (Å²) in [6, 6.07) is 0. The van der Waals surface area contributed by atoms with Gasteiger partial charge in [-0.05, 0) is 39.7 Å². The Morgan fingerprint density at radius 2 is 2.00 bits per heavy atom. The lowest BCUT2D eigenvalue weighted by Gasteiger charge is -2.19. The van der Waals surface area contributed by atoms with Crippen LogP contribution in [0.2, 0.25) is 0 Å². The summed E-state index contributed by atoms with van der Waals surface area (Å²) in [6.45, 7) is 11.7. The molecule has 0 saturated heterocycles. The van der Waals surface area contributed by atoms with Gasteiger partial charge < -0.3 is 5.32 Å². The highest BCUT2D eigenvalue weighted by molar-refractivity contribution is 5.26. The van der Waals surface area contributed by atoms with Crippen molar-refractivity contribution in [1.82, 2.24) is 5.32 Å². The van der Waals surface area contributed by atoms with Crippen molar-refractivity contribution in [3.8, 4) is 11.8 Å². The van der Waals surface area contributed by atoms with Crippen molar-refractivity contribution in [2.45, 2.75) is 59.4 Å². The molecule has 0 spiro atoms. The number of allylic oxidation sites excluding steroid dienone is 1. The number of nitrogens with one attached hydrogen (secondary N) is 1. The smallest absolute Gasteiger partial charge is 0.0151 e. The molecule has 0 aromatic rings. The maximum atomic E-state index is 3.41. The predicted octanol–water partition coefficient (Wildman–Crippen LogP) is 3.51. The van der Waals surface area contributed by atoms with E-state index in [1.54, 1.807) is 0 Å². The fourth-order valence-corrected chi connectivity index (χ4v) is 1.03. The molecule has 0 unspecified atom stereocenters. The molecule has 0 fully saturated rings. The Balaban J connectivity index is 3.82. The summed E-state index contributed by atoms with van der Waals surface area (Å²) in [5, 5.41) is 3.41. The summed E-state index contributed by atoms with van der Waals surface area (Å²) < 4.78 is 0. The Bertz CT molecular complexity index is 245. The number of rotatable bonds is 4. The average molecular weight is 207 g/mol. The van der Waals surface area contributed by atoms with E-state index in [1.165, 1.54) is 18.4 Å². The monoisotopic (exact) mass is 207 g/mol. The van der Waals surface area contributed by atoms with Crippen LogP contribution in [0.1, 0.15) is 53.9 Å². The molecule has 86 valence electrons. The topological polar surface area (TPSA) is 12.0 Å². The summed E-state index contributed by atoms with van der Waals surface area (Å²) in [6.07, 6.45) is 5.61. The van der Waals surface area contributed by atoms with E-state index in [2.05, 4.69) is 57.9 Å². The molecule has 0 bridgehead atoms. The summed E-state index contributed by atoms with van der Waals surface area (Å²) in [5.41, 5.74) is 1.36. The fraction of sp³-hybridized carbons (Fsp3) is 0.714. The zero-order valence-corrected chi connectivity index (χ0v) is 10.9. The van der Waals surface area contributed by atoms with Crippen molar-refractivity contribution < 1.29 is 0 Å². The summed E-state index contributed by atoms with van der Waals surface area (Å²) in [4.78, 5) is 0. The van der Waals surface area contributed by atoms with E-state index in [4.69, 9.17) is 0 Å². The molecular weight excluding hydrogens is 182 g/mol. The minimum absolute atomic E-state index is 0.187. The van der Waals surface area contributed by atoms with Crippen molar-refractivity contribution in [3.63, 3.8) is 0 Å². The SMILES string of the molecule is CCCCC#C/C(C)=C\CNC(C)(C)C. The molecule has 0 aliphatic rings. The Labute approximate surface area is 95.3 Å². The van der Waals surface area contributed by atoms with Gasteiger partial charge in [0.2, 0.25) is 0 Å². The number of unbranched alkanes of at least 4 members (excludes halogenated alkanes) is 2. The van der Waals surface area contributed by atoms with Gasteiger partial charge in [-0.2, -0.15) is 0 Å². The van der Waals surface area contributed by atoms with Crippen molar-refractivity contribution in [2.24, 2.45) is 0 Å². The van der Waals surface area contributed by atoms with E-state index in [0.29, 0.717) is 0 Å². The van der Waals surface area contributed by atoms with Crippen LogP contribution in [-0.2, 0) is 0 Å². The van der Waals surface area contributed by atoms with Gasteiger partial charge in [0.15, 0.2) is 0 Å². The molecule has 15 heavy (non-hydrogen) atoms. The Hall–Kier alpha value is -0.740. The quantitative estimate of drug-likeness (QED) is 0.549. The second-order valence-corrected chi connectivity index (χ2v) is 4.92. The van der Waals surface area contributed by atoms with Gasteiger partial charge in [-0.1, -0.05) is 31.3 Å². The summed E-state index contributed by atoms with van der Waals surface area (Å²) in [7, 11) is 0. The van der Waals surface area contributed by atoms with Crippen molar-refractivity contribution in [1.29, 1.82) is 0 Å². The van der Waals surface area contributed by atoms with Gasteiger partial charge in [-0.3, -0.25) is 0 Å². The van der Waals surface area contributed by atoms with Crippen LogP contribution in [0.4, 0.5) is 0 Å². The molecule has 0 heterocycles. The van der Waals surface area contributed by atoms with E-state index in [0.717, 1.165) is 13.0 Å². The normalized spacial score (nSPS) is 12.2. The largest absolute Gasteiger partial charge is 0.309 e. The highest BCUT2D eigenvalue weighted by atomic mass is 14.9. The minimum atomic E-state index is 0.187. The van der Waals surface area contributed by atoms with Gasteiger partial charge in [0.1, 0.15) is 0 Å². The molecule has 0 aliphatic carbocycles. The van der Waals surface area contributed by atoms with Crippen LogP contribution in [0.15, 0.2) is 11.6 Å². The van der Waals surface area contributed by atoms with E-state index >= 15 is 0 Å². The molecule has 1 heteroatoms. The molecular formula is C14H25N. The molecule has 0 atom stereocenters. The van der Waals surface area contributed by atoms with Gasteiger partial charge in [-0.15, -0.1) is 0 Å². The molecule has 0 amide bonds. The molecule has 1 nitrogen and oxygen atoms in total. The fourth-order valence-electron chi connectivity index (χ4n) is 1.03. The third-order valence-corrected chi connectivity index (χ3v) is 1.98. The van der Waals surface area contributed by atoms with E-state index in [9.17, 15) is 0 Å². The lowest BCUT2D eigenvalue weighted by atomic mass is 10.1. The Morgan fingerprint density at radius 3 is 2.53 bits per heavy atom. The van der Waals surface area contributed by atoms with Crippen LogP contribution in [0.3, 0.4) is 0 Å². The van der Waals surface area contributed by atoms with Crippen LogP contribution >= 0.6 is 0 Å². The number of hydrogen-bond donors (Lipinski definition) is 1. The first kappa shape index (κ1) is 14.3. The molecule has 0 rings (SSSR count). The maximum Gasteiger partial charge on any atom is 0.0151 e. The highest BCUT2D eigenvalue weighted by Gasteiger charge is 2.05. The van der Waals surface area contributed by atoms with Gasteiger partial charge in [0.25, 0.3) is 0 Å². The summed E-state index contributed by atoms with van der Waals surface area (Å²) in [5.74, 6) is 6.36. The van der Waals surface area contributed by atoms with Crippen molar-refractivity contribution in [2.75, 3.05) is 6.54 Å². The average Bonchev–Trinajstić information content (AvgIpc) is 2.10. The molecule has 0 saturated carbocycles. The van der Waals surface area contributed by atoms with Crippen molar-refractivity contribution in [3.05, 3.63) is 11.6 Å². The van der Waals surface area contributed by atoms with Gasteiger partial charge in [0, 0.05) is 18.5 Å². The zero-order valence-electron chi connectivity index (χ0n) is 10.9. The summed E-state index contributed by atoms with van der Waals surface area (Å²) >= 11 is 0. The minimum Gasteiger partial charge on any atom is -0.309 e. The zero-order chi connectivity index (χ0) is 11.7. The number of hydrogen-bond acceptors (Lipinski definition) is 1. The molecule has 0 aromatic carbocycles. The maximum absolute atomic E-state index is 3.41. The molecule has 0 aliphatic heterocycles. The van der Waals surface area contributed by atoms with Crippen molar-refractivity contribution >= 4 is 0 Å². The van der Waals surface area contributed by atoms with Crippen LogP contribution in [0.25, 0.3) is 0 Å². The molecule has 0 radical (unpaired) electrons. The third-order valence-electron chi connectivity index (χ3n) is 1.98. The van der Waals surface area contributed by atoms with Gasteiger partial charge in [-0.25, -0.2) is 0 Å². The lowest BCUT2D eigenvalue weighted by molar-refractivity contribution is 0.449. The first-order valence-electron chi connectivity index (χ1n) is 5.86. The van der Waals surface area contributed by atoms with E-state index < -0.39 is 0 Å². The Morgan fingerprint density at radius 1 is 1.33 bits per heavy atom. The van der Waals surface area contributed by atoms with Gasteiger partial charge in [0.05, 0.1) is 0 Å². The Kier molecular flexibility index (Phi) is 7.17. The molecule has 1 N–H and O–H groups in total. The van der Waals surface area contributed by atoms with Crippen LogP contribution < -0.4 is 5.32 Å². The first-order chi connectivity index (χ1) is 6.95. The van der Waals surface area contributed by atoms with E-state index in [1.807, 2.05) is 0 Å². The van der Waals surface area contributed by atoms with Crippen LogP contribution in [0, 0.1) is 11.8 Å². The standard InChI is InChI=1S/C14H25N/c1-6-7-8-9-10-13(2)11-12-15-14(3,4)5/h11,15H,6-8,12H2,1-5H3/b13-11-. The van der Waals surface area contributed by atoms with Crippen LogP contribution in [0.5, 0.6) is 0 Å². The van der Waals surface area contributed by atoms with E-state index in [-0.39, 0.29) is 5.54 Å². The molecule has 0 aromatic heterocycles. The van der Waals surface area contributed by atoms with Gasteiger partial charge >= 0.3 is 0 Å². The first-order valence-corrected chi connectivity index (χ1v) is 5.86. The second kappa shape index (κ2) is 7.54. The third kappa shape index (κ3) is 11.2. The predicted molar refractivity (Wildman–Crippen MR) is 68.8 cm³/mol. The highest BCUT2D eigenvalue weighted by Crippen LogP contribution is 1.98. The second-order valence-electron chi connectivity index (χ2n) is 4.92.